The van der Waals surface area contributed by atoms with Crippen LogP contribution in [0.25, 0.3) is 0 Å². The minimum absolute atomic E-state index is 0.922. The van der Waals surface area contributed by atoms with Crippen LogP contribution in [0.15, 0.2) is 18.2 Å². The van der Waals surface area contributed by atoms with Gasteiger partial charge in [0.1, 0.15) is 0 Å². The van der Waals surface area contributed by atoms with Crippen LogP contribution < -0.4 is 5.73 Å². The molecule has 3 heteroatoms. The number of nitrogen functional groups attached to an aromatic ring is 1. The Morgan fingerprint density at radius 3 is 1.58 bits per heavy atom. The molecule has 0 spiro atoms. The predicted octanol–water partition coefficient (Wildman–Crippen LogP) is 2.46. The van der Waals surface area contributed by atoms with Gasteiger partial charge in [-0.3, -0.25) is 9.80 Å². The number of hydrogen-bond donors (Lipinski definition) is 1. The van der Waals surface area contributed by atoms with Crippen molar-refractivity contribution in [3.63, 3.8) is 0 Å². The molecule has 2 fully saturated rings. The minimum atomic E-state index is 0.922. The van der Waals surface area contributed by atoms with E-state index < -0.39 is 0 Å². The first-order chi connectivity index (χ1) is 9.29. The molecular weight excluding hydrogens is 234 g/mol. The average molecular weight is 259 g/mol. The molecule has 0 bridgehead atoms. The Morgan fingerprint density at radius 1 is 0.737 bits per heavy atom. The summed E-state index contributed by atoms with van der Waals surface area (Å²) in [6, 6.07) is 6.64. The number of rotatable bonds is 4. The summed E-state index contributed by atoms with van der Waals surface area (Å²) in [6.07, 6.45) is 5.40. The van der Waals surface area contributed by atoms with Crippen molar-refractivity contribution in [1.29, 1.82) is 0 Å². The summed E-state index contributed by atoms with van der Waals surface area (Å²) in [5, 5.41) is 0. The maximum Gasteiger partial charge on any atom is 0.0320 e. The minimum Gasteiger partial charge on any atom is -0.399 e. The lowest BCUT2D eigenvalue weighted by atomic mass is 10.1. The molecule has 0 amide bonds. The van der Waals surface area contributed by atoms with Crippen molar-refractivity contribution >= 4 is 5.69 Å². The molecule has 2 aliphatic heterocycles. The lowest BCUT2D eigenvalue weighted by Gasteiger charge is -2.18. The number of nitrogens with two attached hydrogens (primary N) is 1. The van der Waals surface area contributed by atoms with Gasteiger partial charge >= 0.3 is 0 Å². The van der Waals surface area contributed by atoms with Gasteiger partial charge in [0.05, 0.1) is 0 Å². The Balaban J connectivity index is 1.67. The van der Waals surface area contributed by atoms with E-state index >= 15 is 0 Å². The molecule has 0 unspecified atom stereocenters. The van der Waals surface area contributed by atoms with E-state index in [1.807, 2.05) is 0 Å². The Hall–Kier alpha value is -1.06. The van der Waals surface area contributed by atoms with Crippen molar-refractivity contribution < 1.29 is 0 Å². The first kappa shape index (κ1) is 12.9. The van der Waals surface area contributed by atoms with Crippen LogP contribution in [-0.2, 0) is 13.1 Å². The van der Waals surface area contributed by atoms with Crippen LogP contribution in [0.1, 0.15) is 36.8 Å². The van der Waals surface area contributed by atoms with Crippen molar-refractivity contribution in [2.24, 2.45) is 0 Å². The topological polar surface area (TPSA) is 32.5 Å². The number of likely N-dealkylation sites (tertiary alicyclic amines) is 2. The molecule has 19 heavy (non-hydrogen) atoms. The molecule has 0 radical (unpaired) electrons. The molecule has 0 aromatic heterocycles. The van der Waals surface area contributed by atoms with E-state index in [9.17, 15) is 0 Å². The molecule has 3 nitrogen and oxygen atoms in total. The van der Waals surface area contributed by atoms with Gasteiger partial charge in [-0.15, -0.1) is 0 Å². The summed E-state index contributed by atoms with van der Waals surface area (Å²) in [5.74, 6) is 0. The van der Waals surface area contributed by atoms with Gasteiger partial charge in [-0.2, -0.15) is 0 Å². The lowest BCUT2D eigenvalue weighted by Crippen LogP contribution is -2.20. The van der Waals surface area contributed by atoms with Crippen LogP contribution in [0.4, 0.5) is 5.69 Å². The van der Waals surface area contributed by atoms with Gasteiger partial charge in [-0.1, -0.05) is 6.07 Å². The molecule has 0 atom stereocenters. The molecular formula is C16H25N3. The Morgan fingerprint density at radius 2 is 1.16 bits per heavy atom. The normalized spacial score (nSPS) is 21.3. The van der Waals surface area contributed by atoms with Crippen molar-refractivity contribution in [2.75, 3.05) is 31.9 Å². The molecule has 0 aliphatic carbocycles. The van der Waals surface area contributed by atoms with E-state index in [4.69, 9.17) is 5.73 Å². The monoisotopic (exact) mass is 259 g/mol. The Bertz CT molecular complexity index is 382. The fourth-order valence-electron chi connectivity index (χ4n) is 3.37. The highest BCUT2D eigenvalue weighted by atomic mass is 15.1. The van der Waals surface area contributed by atoms with E-state index in [0.29, 0.717) is 0 Å². The van der Waals surface area contributed by atoms with Crippen molar-refractivity contribution in [1.82, 2.24) is 9.80 Å². The molecule has 2 N–H and O–H groups in total. The van der Waals surface area contributed by atoms with Gasteiger partial charge in [-0.25, -0.2) is 0 Å². The molecule has 2 heterocycles. The van der Waals surface area contributed by atoms with Gasteiger partial charge in [0.2, 0.25) is 0 Å². The van der Waals surface area contributed by atoms with Crippen LogP contribution in [0, 0.1) is 0 Å². The highest BCUT2D eigenvalue weighted by Crippen LogP contribution is 2.19. The fraction of sp³-hybridized carbons (Fsp3) is 0.625. The fourth-order valence-corrected chi connectivity index (χ4v) is 3.37. The number of anilines is 1. The third-order valence-corrected chi connectivity index (χ3v) is 4.28. The summed E-state index contributed by atoms with van der Waals surface area (Å²) >= 11 is 0. The standard InChI is InChI=1S/C16H25N3/c17-16-10-14(12-18-5-1-2-6-18)9-15(11-16)13-19-7-3-4-8-19/h9-11H,1-8,12-13,17H2. The maximum atomic E-state index is 6.07. The molecule has 104 valence electrons. The van der Waals surface area contributed by atoms with Crippen molar-refractivity contribution in [2.45, 2.75) is 38.8 Å². The molecule has 0 saturated carbocycles. The second-order valence-electron chi connectivity index (χ2n) is 6.05. The molecule has 2 saturated heterocycles. The van der Waals surface area contributed by atoms with Gasteiger partial charge in [0.15, 0.2) is 0 Å². The first-order valence-corrected chi connectivity index (χ1v) is 7.63. The van der Waals surface area contributed by atoms with E-state index in [1.165, 1.54) is 63.0 Å². The largest absolute Gasteiger partial charge is 0.399 e. The van der Waals surface area contributed by atoms with Gasteiger partial charge in [-0.05, 0) is 75.1 Å². The number of hydrogen-bond acceptors (Lipinski definition) is 3. The van der Waals surface area contributed by atoms with Crippen LogP contribution in [0.3, 0.4) is 0 Å². The summed E-state index contributed by atoms with van der Waals surface area (Å²) in [7, 11) is 0. The highest BCUT2D eigenvalue weighted by Gasteiger charge is 2.14. The Kier molecular flexibility index (Phi) is 4.04. The SMILES string of the molecule is Nc1cc(CN2CCCC2)cc(CN2CCCC2)c1. The smallest absolute Gasteiger partial charge is 0.0320 e. The number of nitrogens with zero attached hydrogens (tertiary/aromatic N) is 2. The lowest BCUT2D eigenvalue weighted by molar-refractivity contribution is 0.326. The van der Waals surface area contributed by atoms with Crippen molar-refractivity contribution in [3.05, 3.63) is 29.3 Å². The predicted molar refractivity (Wildman–Crippen MR) is 79.9 cm³/mol. The van der Waals surface area contributed by atoms with Crippen LogP contribution in [-0.4, -0.2) is 36.0 Å². The average Bonchev–Trinajstić information content (AvgIpc) is 3.01. The van der Waals surface area contributed by atoms with Gasteiger partial charge in [0, 0.05) is 18.8 Å². The summed E-state index contributed by atoms with van der Waals surface area (Å²) in [5.41, 5.74) is 9.76. The zero-order valence-electron chi connectivity index (χ0n) is 11.8. The van der Waals surface area contributed by atoms with E-state index in [1.54, 1.807) is 0 Å². The third kappa shape index (κ3) is 3.48. The molecule has 1 aromatic rings. The van der Waals surface area contributed by atoms with Crippen molar-refractivity contribution in [3.8, 4) is 0 Å². The van der Waals surface area contributed by atoms with E-state index in [2.05, 4.69) is 28.0 Å². The van der Waals surface area contributed by atoms with E-state index in [-0.39, 0.29) is 0 Å². The van der Waals surface area contributed by atoms with Crippen LogP contribution in [0.2, 0.25) is 0 Å². The van der Waals surface area contributed by atoms with Gasteiger partial charge in [0.25, 0.3) is 0 Å². The van der Waals surface area contributed by atoms with E-state index in [0.717, 1.165) is 18.8 Å². The summed E-state index contributed by atoms with van der Waals surface area (Å²) in [4.78, 5) is 5.07. The summed E-state index contributed by atoms with van der Waals surface area (Å²) < 4.78 is 0. The quantitative estimate of drug-likeness (QED) is 0.843. The van der Waals surface area contributed by atoms with Gasteiger partial charge < -0.3 is 5.73 Å². The summed E-state index contributed by atoms with van der Waals surface area (Å²) in [6.45, 7) is 7.12. The zero-order valence-corrected chi connectivity index (χ0v) is 11.8. The third-order valence-electron chi connectivity index (χ3n) is 4.28. The van der Waals surface area contributed by atoms with Crippen LogP contribution in [0.5, 0.6) is 0 Å². The molecule has 2 aliphatic rings. The van der Waals surface area contributed by atoms with Crippen LogP contribution >= 0.6 is 0 Å². The highest BCUT2D eigenvalue weighted by molar-refractivity contribution is 5.44. The maximum absolute atomic E-state index is 6.07. The molecule has 1 aromatic carbocycles. The molecule has 3 rings (SSSR count). The number of benzene rings is 1. The first-order valence-electron chi connectivity index (χ1n) is 7.63. The Labute approximate surface area is 116 Å². The second kappa shape index (κ2) is 5.93. The second-order valence-corrected chi connectivity index (χ2v) is 6.05. The zero-order chi connectivity index (χ0) is 13.1.